The Morgan fingerprint density at radius 2 is 2.00 bits per heavy atom. The van der Waals surface area contributed by atoms with Gasteiger partial charge < -0.3 is 5.11 Å². The molecule has 0 fully saturated rings. The molecule has 92 valence electrons. The van der Waals surface area contributed by atoms with Crippen LogP contribution in [0, 0.1) is 11.3 Å². The lowest BCUT2D eigenvalue weighted by Gasteiger charge is -2.08. The lowest BCUT2D eigenvalue weighted by atomic mass is 10.1. The van der Waals surface area contributed by atoms with Crippen LogP contribution in [0.1, 0.15) is 44.6 Å². The van der Waals surface area contributed by atoms with Crippen molar-refractivity contribution in [3.63, 3.8) is 0 Å². The summed E-state index contributed by atoms with van der Waals surface area (Å²) in [5.74, 6) is -0.213. The molecule has 1 heterocycles. The van der Waals surface area contributed by atoms with Gasteiger partial charge in [-0.1, -0.05) is 32.6 Å². The molecule has 0 aliphatic heterocycles. The Labute approximate surface area is 101 Å². The maximum Gasteiger partial charge on any atom is 0.253 e. The normalized spacial score (nSPS) is 10.1. The number of rotatable bonds is 6. The van der Waals surface area contributed by atoms with Crippen LogP contribution in [0.15, 0.2) is 16.9 Å². The highest BCUT2D eigenvalue weighted by molar-refractivity contribution is 5.37. The molecule has 0 amide bonds. The standard InChI is InChI=1S/C13H18N2O2/c1-2-3-4-5-6-9-15-12(16)8-7-11(10-14)13(15)17/h7-8,17H,2-6,9H2,1H3. The van der Waals surface area contributed by atoms with Gasteiger partial charge in [0.2, 0.25) is 5.88 Å². The zero-order valence-corrected chi connectivity index (χ0v) is 10.1. The first-order chi connectivity index (χ1) is 8.20. The molecule has 0 bridgehead atoms. The molecule has 0 saturated heterocycles. The Morgan fingerprint density at radius 1 is 1.29 bits per heavy atom. The van der Waals surface area contributed by atoms with Crippen LogP contribution < -0.4 is 5.56 Å². The van der Waals surface area contributed by atoms with Gasteiger partial charge in [-0.25, -0.2) is 0 Å². The van der Waals surface area contributed by atoms with Gasteiger partial charge in [0, 0.05) is 12.6 Å². The van der Waals surface area contributed by atoms with Crippen molar-refractivity contribution in [3.8, 4) is 11.9 Å². The molecular formula is C13H18N2O2. The summed E-state index contributed by atoms with van der Waals surface area (Å²) in [6.07, 6.45) is 5.40. The van der Waals surface area contributed by atoms with Gasteiger partial charge in [0.15, 0.2) is 0 Å². The Morgan fingerprint density at radius 3 is 2.65 bits per heavy atom. The van der Waals surface area contributed by atoms with Crippen molar-refractivity contribution in [3.05, 3.63) is 28.0 Å². The highest BCUT2D eigenvalue weighted by Crippen LogP contribution is 2.14. The van der Waals surface area contributed by atoms with E-state index >= 15 is 0 Å². The van der Waals surface area contributed by atoms with Crippen LogP contribution in [-0.4, -0.2) is 9.67 Å². The van der Waals surface area contributed by atoms with E-state index in [2.05, 4.69) is 6.92 Å². The molecular weight excluding hydrogens is 216 g/mol. The monoisotopic (exact) mass is 234 g/mol. The fraction of sp³-hybridized carbons (Fsp3) is 0.538. The summed E-state index contributed by atoms with van der Waals surface area (Å²) in [4.78, 5) is 11.5. The predicted molar refractivity (Wildman–Crippen MR) is 65.8 cm³/mol. The maximum absolute atomic E-state index is 11.5. The molecule has 1 N–H and O–H groups in total. The van der Waals surface area contributed by atoms with Crippen molar-refractivity contribution >= 4 is 0 Å². The number of aromatic hydroxyl groups is 1. The van der Waals surface area contributed by atoms with Crippen LogP contribution >= 0.6 is 0 Å². The summed E-state index contributed by atoms with van der Waals surface area (Å²) in [6, 6.07) is 4.54. The molecule has 0 aliphatic rings. The van der Waals surface area contributed by atoms with Crippen LogP contribution in [0.2, 0.25) is 0 Å². The highest BCUT2D eigenvalue weighted by atomic mass is 16.3. The third kappa shape index (κ3) is 3.63. The van der Waals surface area contributed by atoms with Crippen LogP contribution in [0.3, 0.4) is 0 Å². The average Bonchev–Trinajstić information content (AvgIpc) is 2.33. The average molecular weight is 234 g/mol. The first kappa shape index (κ1) is 13.3. The van der Waals surface area contributed by atoms with Crippen LogP contribution in [0.25, 0.3) is 0 Å². The zero-order chi connectivity index (χ0) is 12.7. The van der Waals surface area contributed by atoms with E-state index in [1.807, 2.05) is 6.07 Å². The topological polar surface area (TPSA) is 66.0 Å². The molecule has 0 saturated carbocycles. The number of nitriles is 1. The summed E-state index contributed by atoms with van der Waals surface area (Å²) in [5.41, 5.74) is -0.102. The second-order valence-corrected chi connectivity index (χ2v) is 4.09. The van der Waals surface area contributed by atoms with Crippen LogP contribution in [0.4, 0.5) is 0 Å². The van der Waals surface area contributed by atoms with Crippen LogP contribution in [0.5, 0.6) is 5.88 Å². The van der Waals surface area contributed by atoms with Gasteiger partial charge in [-0.05, 0) is 12.5 Å². The molecule has 1 aromatic rings. The van der Waals surface area contributed by atoms with Gasteiger partial charge >= 0.3 is 0 Å². The van der Waals surface area contributed by atoms with Crippen molar-refractivity contribution in [2.45, 2.75) is 45.6 Å². The molecule has 4 nitrogen and oxygen atoms in total. The van der Waals surface area contributed by atoms with Gasteiger partial charge in [-0.3, -0.25) is 9.36 Å². The minimum Gasteiger partial charge on any atom is -0.493 e. The van der Waals surface area contributed by atoms with Gasteiger partial charge in [0.25, 0.3) is 5.56 Å². The van der Waals surface area contributed by atoms with Gasteiger partial charge in [-0.2, -0.15) is 5.26 Å². The lowest BCUT2D eigenvalue weighted by Crippen LogP contribution is -2.19. The number of hydrogen-bond acceptors (Lipinski definition) is 3. The van der Waals surface area contributed by atoms with E-state index in [4.69, 9.17) is 5.26 Å². The summed E-state index contributed by atoms with van der Waals surface area (Å²) in [6.45, 7) is 2.62. The number of hydrogen-bond donors (Lipinski definition) is 1. The van der Waals surface area contributed by atoms with E-state index in [9.17, 15) is 9.90 Å². The molecule has 1 rings (SSSR count). The third-order valence-corrected chi connectivity index (χ3v) is 2.76. The Hall–Kier alpha value is -1.76. The number of pyridine rings is 1. The summed E-state index contributed by atoms with van der Waals surface area (Å²) >= 11 is 0. The molecule has 4 heteroatoms. The third-order valence-electron chi connectivity index (χ3n) is 2.76. The van der Waals surface area contributed by atoms with E-state index in [1.54, 1.807) is 0 Å². The maximum atomic E-state index is 11.5. The Bertz CT molecular complexity index is 457. The first-order valence-electron chi connectivity index (χ1n) is 6.03. The molecule has 17 heavy (non-hydrogen) atoms. The van der Waals surface area contributed by atoms with E-state index < -0.39 is 0 Å². The van der Waals surface area contributed by atoms with E-state index in [0.29, 0.717) is 6.54 Å². The lowest BCUT2D eigenvalue weighted by molar-refractivity contribution is 0.397. The molecule has 0 aliphatic carbocycles. The van der Waals surface area contributed by atoms with E-state index in [-0.39, 0.29) is 17.0 Å². The largest absolute Gasteiger partial charge is 0.493 e. The van der Waals surface area contributed by atoms with Crippen molar-refractivity contribution in [1.82, 2.24) is 4.57 Å². The Kier molecular flexibility index (Phi) is 5.28. The van der Waals surface area contributed by atoms with Gasteiger partial charge in [0.05, 0.1) is 0 Å². The smallest absolute Gasteiger partial charge is 0.253 e. The Balaban J connectivity index is 2.65. The second-order valence-electron chi connectivity index (χ2n) is 4.09. The van der Waals surface area contributed by atoms with E-state index in [0.717, 1.165) is 19.3 Å². The minimum atomic E-state index is -0.253. The number of aromatic nitrogens is 1. The zero-order valence-electron chi connectivity index (χ0n) is 10.1. The molecule has 0 atom stereocenters. The highest BCUT2D eigenvalue weighted by Gasteiger charge is 2.07. The first-order valence-corrected chi connectivity index (χ1v) is 6.03. The van der Waals surface area contributed by atoms with E-state index in [1.165, 1.54) is 29.5 Å². The minimum absolute atomic E-state index is 0.151. The number of unbranched alkanes of at least 4 members (excludes halogenated alkanes) is 4. The van der Waals surface area contributed by atoms with Crippen LogP contribution in [-0.2, 0) is 6.54 Å². The summed E-state index contributed by atoms with van der Waals surface area (Å²) in [5, 5.41) is 18.5. The van der Waals surface area contributed by atoms with Crippen molar-refractivity contribution in [1.29, 1.82) is 5.26 Å². The SMILES string of the molecule is CCCCCCCn1c(O)c(C#N)ccc1=O. The summed E-state index contributed by atoms with van der Waals surface area (Å²) in [7, 11) is 0. The summed E-state index contributed by atoms with van der Waals surface area (Å²) < 4.78 is 1.27. The molecule has 0 unspecified atom stereocenters. The second kappa shape index (κ2) is 6.74. The van der Waals surface area contributed by atoms with Crippen molar-refractivity contribution < 1.29 is 5.11 Å². The van der Waals surface area contributed by atoms with Gasteiger partial charge in [-0.15, -0.1) is 0 Å². The fourth-order valence-corrected chi connectivity index (χ4v) is 1.75. The fourth-order valence-electron chi connectivity index (χ4n) is 1.75. The molecule has 0 aromatic carbocycles. The quantitative estimate of drug-likeness (QED) is 0.768. The number of nitrogens with zero attached hydrogens (tertiary/aromatic N) is 2. The molecule has 0 radical (unpaired) electrons. The van der Waals surface area contributed by atoms with Crippen molar-refractivity contribution in [2.24, 2.45) is 0 Å². The van der Waals surface area contributed by atoms with Crippen molar-refractivity contribution in [2.75, 3.05) is 0 Å². The molecule has 0 spiro atoms. The predicted octanol–water partition coefficient (Wildman–Crippen LogP) is 2.40. The van der Waals surface area contributed by atoms with Gasteiger partial charge in [0.1, 0.15) is 11.6 Å². The molecule has 1 aromatic heterocycles.